The summed E-state index contributed by atoms with van der Waals surface area (Å²) in [6, 6.07) is 10.1. The van der Waals surface area contributed by atoms with Crippen molar-refractivity contribution in [2.24, 2.45) is 0 Å². The summed E-state index contributed by atoms with van der Waals surface area (Å²) in [6.45, 7) is 1.68. The molecule has 1 aliphatic heterocycles. The van der Waals surface area contributed by atoms with E-state index >= 15 is 0 Å². The molecule has 2 rings (SSSR count). The lowest BCUT2D eigenvalue weighted by molar-refractivity contribution is -0.130. The summed E-state index contributed by atoms with van der Waals surface area (Å²) < 4.78 is 1.19. The van der Waals surface area contributed by atoms with E-state index in [1.807, 2.05) is 18.2 Å². The Kier molecular flexibility index (Phi) is 5.16. The minimum absolute atomic E-state index is 0.0229. The number of likely N-dealkylation sites (tertiary alicyclic amines) is 1. The van der Waals surface area contributed by atoms with Crippen LogP contribution in [0.15, 0.2) is 24.3 Å². The number of nitrogens with one attached hydrogen (secondary N) is 1. The van der Waals surface area contributed by atoms with Crippen LogP contribution in [0, 0.1) is 14.9 Å². The highest BCUT2D eigenvalue weighted by Gasteiger charge is 2.27. The average Bonchev–Trinajstić information content (AvgIpc) is 2.87. The molecule has 0 bridgehead atoms. The minimum Gasteiger partial charge on any atom is -0.326 e. The van der Waals surface area contributed by atoms with Crippen LogP contribution in [0.5, 0.6) is 0 Å². The molecular formula is C14H16IN3O. The topological polar surface area (TPSA) is 56.1 Å². The predicted molar refractivity (Wildman–Crippen MR) is 81.2 cm³/mol. The number of hydrogen-bond donors (Lipinski definition) is 1. The van der Waals surface area contributed by atoms with Crippen molar-refractivity contribution in [3.63, 3.8) is 0 Å². The van der Waals surface area contributed by atoms with Crippen LogP contribution in [-0.2, 0) is 11.3 Å². The number of amides is 1. The highest BCUT2D eigenvalue weighted by atomic mass is 127. The Hall–Kier alpha value is -1.13. The summed E-state index contributed by atoms with van der Waals surface area (Å²) >= 11 is 2.27. The second-order valence-electron chi connectivity index (χ2n) is 4.61. The molecule has 4 nitrogen and oxygen atoms in total. The van der Waals surface area contributed by atoms with Crippen LogP contribution in [0.1, 0.15) is 18.4 Å². The number of carbonyl (C=O) groups excluding carboxylic acids is 1. The lowest BCUT2D eigenvalue weighted by Crippen LogP contribution is -2.40. The van der Waals surface area contributed by atoms with Crippen molar-refractivity contribution in [2.75, 3.05) is 13.1 Å². The molecule has 1 aromatic carbocycles. The number of carbonyl (C=O) groups is 1. The largest absolute Gasteiger partial charge is 0.326 e. The van der Waals surface area contributed by atoms with Gasteiger partial charge in [0, 0.05) is 16.7 Å². The van der Waals surface area contributed by atoms with Gasteiger partial charge in [-0.2, -0.15) is 5.26 Å². The van der Waals surface area contributed by atoms with Crippen LogP contribution < -0.4 is 5.32 Å². The SMILES string of the molecule is N#C[C@@H]1CCCN1C(=O)CNCc1cccc(I)c1. The van der Waals surface area contributed by atoms with Crippen molar-refractivity contribution in [1.29, 1.82) is 5.26 Å². The number of hydrogen-bond acceptors (Lipinski definition) is 3. The summed E-state index contributed by atoms with van der Waals surface area (Å²) in [7, 11) is 0. The third-order valence-electron chi connectivity index (χ3n) is 3.22. The van der Waals surface area contributed by atoms with Gasteiger partial charge in [-0.15, -0.1) is 0 Å². The summed E-state index contributed by atoms with van der Waals surface area (Å²) in [5.41, 5.74) is 1.16. The van der Waals surface area contributed by atoms with Crippen molar-refractivity contribution in [3.8, 4) is 6.07 Å². The van der Waals surface area contributed by atoms with Gasteiger partial charge in [0.05, 0.1) is 12.6 Å². The summed E-state index contributed by atoms with van der Waals surface area (Å²) in [6.07, 6.45) is 1.74. The maximum absolute atomic E-state index is 12.0. The van der Waals surface area contributed by atoms with Gasteiger partial charge in [0.1, 0.15) is 6.04 Å². The second-order valence-corrected chi connectivity index (χ2v) is 5.85. The van der Waals surface area contributed by atoms with E-state index in [0.717, 1.165) is 18.4 Å². The molecule has 19 heavy (non-hydrogen) atoms. The Morgan fingerprint density at radius 3 is 3.16 bits per heavy atom. The van der Waals surface area contributed by atoms with Gasteiger partial charge in [0.25, 0.3) is 0 Å². The van der Waals surface area contributed by atoms with Gasteiger partial charge in [0.15, 0.2) is 0 Å². The first-order chi connectivity index (χ1) is 9.20. The molecule has 1 aliphatic rings. The van der Waals surface area contributed by atoms with Crippen molar-refractivity contribution in [3.05, 3.63) is 33.4 Å². The van der Waals surface area contributed by atoms with Crippen molar-refractivity contribution in [1.82, 2.24) is 10.2 Å². The molecule has 0 radical (unpaired) electrons. The number of benzene rings is 1. The molecule has 1 atom stereocenters. The van der Waals surface area contributed by atoms with Crippen molar-refractivity contribution >= 4 is 28.5 Å². The number of nitrogens with zero attached hydrogens (tertiary/aromatic N) is 2. The van der Waals surface area contributed by atoms with E-state index in [0.29, 0.717) is 19.6 Å². The summed E-state index contributed by atoms with van der Waals surface area (Å²) in [4.78, 5) is 13.7. The van der Waals surface area contributed by atoms with Gasteiger partial charge < -0.3 is 10.2 Å². The summed E-state index contributed by atoms with van der Waals surface area (Å²) in [5, 5.41) is 12.1. The van der Waals surface area contributed by atoms with E-state index in [2.05, 4.69) is 40.0 Å². The van der Waals surface area contributed by atoms with Gasteiger partial charge in [-0.3, -0.25) is 4.79 Å². The predicted octanol–water partition coefficient (Wildman–Crippen LogP) is 1.90. The maximum Gasteiger partial charge on any atom is 0.237 e. The molecule has 1 saturated heterocycles. The zero-order valence-electron chi connectivity index (χ0n) is 10.6. The first-order valence-corrected chi connectivity index (χ1v) is 7.43. The fraction of sp³-hybridized carbons (Fsp3) is 0.429. The molecule has 0 saturated carbocycles. The Bertz CT molecular complexity index is 498. The Morgan fingerprint density at radius 2 is 2.42 bits per heavy atom. The van der Waals surface area contributed by atoms with E-state index in [4.69, 9.17) is 5.26 Å². The van der Waals surface area contributed by atoms with Gasteiger partial charge in [-0.05, 0) is 53.1 Å². The van der Waals surface area contributed by atoms with E-state index in [-0.39, 0.29) is 11.9 Å². The normalized spacial score (nSPS) is 18.3. The lowest BCUT2D eigenvalue weighted by Gasteiger charge is -2.19. The Balaban J connectivity index is 1.80. The van der Waals surface area contributed by atoms with E-state index < -0.39 is 0 Å². The quantitative estimate of drug-likeness (QED) is 0.825. The molecule has 100 valence electrons. The standard InChI is InChI=1S/C14H16IN3O/c15-12-4-1-3-11(7-12)9-17-10-14(19)18-6-2-5-13(18)8-16/h1,3-4,7,13,17H,2,5-6,9-10H2/t13-/m0/s1. The van der Waals surface area contributed by atoms with Crippen LogP contribution in [0.4, 0.5) is 0 Å². The maximum atomic E-state index is 12.0. The first-order valence-electron chi connectivity index (χ1n) is 6.35. The van der Waals surface area contributed by atoms with Crippen LogP contribution >= 0.6 is 22.6 Å². The first kappa shape index (κ1) is 14.3. The van der Waals surface area contributed by atoms with Crippen LogP contribution in [0.3, 0.4) is 0 Å². The second kappa shape index (κ2) is 6.87. The fourth-order valence-corrected chi connectivity index (χ4v) is 2.87. The molecule has 1 heterocycles. The highest BCUT2D eigenvalue weighted by molar-refractivity contribution is 14.1. The highest BCUT2D eigenvalue weighted by Crippen LogP contribution is 2.16. The molecule has 1 amide bonds. The third-order valence-corrected chi connectivity index (χ3v) is 3.89. The van der Waals surface area contributed by atoms with E-state index in [1.54, 1.807) is 4.90 Å². The van der Waals surface area contributed by atoms with Gasteiger partial charge in [-0.1, -0.05) is 12.1 Å². The molecule has 0 spiro atoms. The molecule has 1 aromatic rings. The van der Waals surface area contributed by atoms with Crippen LogP contribution in [0.2, 0.25) is 0 Å². The smallest absolute Gasteiger partial charge is 0.237 e. The fourth-order valence-electron chi connectivity index (χ4n) is 2.26. The Labute approximate surface area is 126 Å². The number of rotatable bonds is 4. The van der Waals surface area contributed by atoms with Gasteiger partial charge in [0.2, 0.25) is 5.91 Å². The average molecular weight is 369 g/mol. The molecule has 0 aromatic heterocycles. The monoisotopic (exact) mass is 369 g/mol. The van der Waals surface area contributed by atoms with Crippen LogP contribution in [-0.4, -0.2) is 29.9 Å². The zero-order chi connectivity index (χ0) is 13.7. The molecule has 0 aliphatic carbocycles. The third kappa shape index (κ3) is 3.91. The van der Waals surface area contributed by atoms with E-state index in [1.165, 1.54) is 3.57 Å². The molecule has 0 unspecified atom stereocenters. The molecule has 1 N–H and O–H groups in total. The number of nitriles is 1. The molecular weight excluding hydrogens is 353 g/mol. The Morgan fingerprint density at radius 1 is 1.58 bits per heavy atom. The van der Waals surface area contributed by atoms with Gasteiger partial charge in [-0.25, -0.2) is 0 Å². The molecule has 5 heteroatoms. The van der Waals surface area contributed by atoms with Crippen molar-refractivity contribution < 1.29 is 4.79 Å². The van der Waals surface area contributed by atoms with Crippen molar-refractivity contribution in [2.45, 2.75) is 25.4 Å². The van der Waals surface area contributed by atoms with Gasteiger partial charge >= 0.3 is 0 Å². The lowest BCUT2D eigenvalue weighted by atomic mass is 10.2. The number of halogens is 1. The summed E-state index contributed by atoms with van der Waals surface area (Å²) in [5.74, 6) is 0.0229. The van der Waals surface area contributed by atoms with Crippen LogP contribution in [0.25, 0.3) is 0 Å². The molecule has 1 fully saturated rings. The minimum atomic E-state index is -0.230. The zero-order valence-corrected chi connectivity index (χ0v) is 12.8. The van der Waals surface area contributed by atoms with E-state index in [9.17, 15) is 4.79 Å².